The van der Waals surface area contributed by atoms with E-state index in [1.165, 1.54) is 0 Å². The van der Waals surface area contributed by atoms with Crippen LogP contribution in [-0.4, -0.2) is 45.5 Å². The largest absolute Gasteiger partial charge is 0.479 e. The van der Waals surface area contributed by atoms with Crippen molar-refractivity contribution >= 4 is 23.2 Å². The van der Waals surface area contributed by atoms with Gasteiger partial charge in [0.15, 0.2) is 6.10 Å². The van der Waals surface area contributed by atoms with Gasteiger partial charge in [0.2, 0.25) is 5.91 Å². The van der Waals surface area contributed by atoms with Crippen molar-refractivity contribution in [3.05, 3.63) is 36.4 Å². The molecule has 1 fully saturated rings. The molecular formula is C20H25N5O3. The van der Waals surface area contributed by atoms with Crippen LogP contribution in [0, 0.1) is 5.92 Å². The number of imidazole rings is 1. The Balaban J connectivity index is 1.32. The fraction of sp³-hybridized carbons (Fsp3) is 0.450. The summed E-state index contributed by atoms with van der Waals surface area (Å²) in [5.74, 6) is 1.48. The summed E-state index contributed by atoms with van der Waals surface area (Å²) in [4.78, 5) is 31.1. The van der Waals surface area contributed by atoms with E-state index in [2.05, 4.69) is 20.5 Å². The van der Waals surface area contributed by atoms with Gasteiger partial charge in [0.25, 0.3) is 5.91 Å². The minimum Gasteiger partial charge on any atom is -0.479 e. The normalized spacial score (nSPS) is 20.2. The summed E-state index contributed by atoms with van der Waals surface area (Å²) in [6.45, 7) is 4.25. The number of benzene rings is 1. The zero-order valence-electron chi connectivity index (χ0n) is 16.1. The Morgan fingerprint density at radius 2 is 2.14 bits per heavy atom. The molecule has 0 bridgehead atoms. The Hall–Kier alpha value is -2.87. The Labute approximate surface area is 163 Å². The van der Waals surface area contributed by atoms with Crippen LogP contribution in [0.2, 0.25) is 0 Å². The number of ether oxygens (including phenoxy) is 1. The molecule has 0 spiro atoms. The fourth-order valence-electron chi connectivity index (χ4n) is 3.63. The van der Waals surface area contributed by atoms with Crippen LogP contribution >= 0.6 is 0 Å². The lowest BCUT2D eigenvalue weighted by molar-refractivity contribution is -0.123. The lowest BCUT2D eigenvalue weighted by Crippen LogP contribution is -2.38. The number of piperidine rings is 1. The smallest absolute Gasteiger partial charge is 0.265 e. The highest BCUT2D eigenvalue weighted by molar-refractivity contribution is 5.99. The molecule has 1 unspecified atom stereocenters. The highest BCUT2D eigenvalue weighted by Crippen LogP contribution is 2.32. The topological polar surface area (TPSA) is 88.5 Å². The van der Waals surface area contributed by atoms with Crippen molar-refractivity contribution in [2.75, 3.05) is 23.7 Å². The summed E-state index contributed by atoms with van der Waals surface area (Å²) in [6.07, 6.45) is 4.88. The molecule has 0 aliphatic carbocycles. The predicted octanol–water partition coefficient (Wildman–Crippen LogP) is 1.99. The van der Waals surface area contributed by atoms with Gasteiger partial charge < -0.3 is 19.9 Å². The molecule has 3 heterocycles. The third-order valence-corrected chi connectivity index (χ3v) is 5.42. The maximum atomic E-state index is 12.7. The molecule has 28 heavy (non-hydrogen) atoms. The molecule has 2 amide bonds. The van der Waals surface area contributed by atoms with Crippen LogP contribution in [0.5, 0.6) is 5.75 Å². The number of hydrogen-bond acceptors (Lipinski definition) is 5. The van der Waals surface area contributed by atoms with Gasteiger partial charge in [-0.05, 0) is 51.1 Å². The average molecular weight is 383 g/mol. The molecule has 0 radical (unpaired) electrons. The number of rotatable bonds is 4. The maximum Gasteiger partial charge on any atom is 0.265 e. The SMILES string of the molecule is CC1Oc2ccc(NC(=O)C3CCN(Cc4nccn4C)CC3)cc2NC1=O. The van der Waals surface area contributed by atoms with Crippen molar-refractivity contribution in [3.63, 3.8) is 0 Å². The molecule has 2 aliphatic rings. The second kappa shape index (κ2) is 7.63. The molecule has 0 saturated carbocycles. The molecule has 1 saturated heterocycles. The monoisotopic (exact) mass is 383 g/mol. The molecular weight excluding hydrogens is 358 g/mol. The first kappa shape index (κ1) is 18.5. The molecule has 1 aromatic heterocycles. The van der Waals surface area contributed by atoms with Crippen molar-refractivity contribution in [1.29, 1.82) is 0 Å². The van der Waals surface area contributed by atoms with Gasteiger partial charge in [-0.3, -0.25) is 14.5 Å². The van der Waals surface area contributed by atoms with Crippen molar-refractivity contribution in [2.24, 2.45) is 13.0 Å². The number of nitrogens with one attached hydrogen (secondary N) is 2. The molecule has 148 valence electrons. The summed E-state index contributed by atoms with van der Waals surface area (Å²) >= 11 is 0. The molecule has 4 rings (SSSR count). The Morgan fingerprint density at radius 3 is 2.86 bits per heavy atom. The number of nitrogens with zero attached hydrogens (tertiary/aromatic N) is 3. The van der Waals surface area contributed by atoms with E-state index in [4.69, 9.17) is 4.74 Å². The van der Waals surface area contributed by atoms with Gasteiger partial charge in [0, 0.05) is 31.0 Å². The van der Waals surface area contributed by atoms with Gasteiger partial charge in [-0.1, -0.05) is 0 Å². The lowest BCUT2D eigenvalue weighted by atomic mass is 9.95. The summed E-state index contributed by atoms with van der Waals surface area (Å²) < 4.78 is 7.57. The first-order valence-electron chi connectivity index (χ1n) is 9.60. The molecule has 2 N–H and O–H groups in total. The number of carbonyl (C=O) groups is 2. The van der Waals surface area contributed by atoms with Gasteiger partial charge in [-0.15, -0.1) is 0 Å². The number of aromatic nitrogens is 2. The highest BCUT2D eigenvalue weighted by atomic mass is 16.5. The number of amides is 2. The van der Waals surface area contributed by atoms with Gasteiger partial charge in [0.05, 0.1) is 12.2 Å². The van der Waals surface area contributed by atoms with Crippen molar-refractivity contribution < 1.29 is 14.3 Å². The Kier molecular flexibility index (Phi) is 5.04. The standard InChI is InChI=1S/C20H25N5O3/c1-13-19(26)23-16-11-15(3-4-17(16)28-13)22-20(27)14-5-8-25(9-6-14)12-18-21-7-10-24(18)2/h3-4,7,10-11,13-14H,5-6,8-9,12H2,1-2H3,(H,22,27)(H,23,26). The van der Waals surface area contributed by atoms with Crippen molar-refractivity contribution in [3.8, 4) is 5.75 Å². The Bertz CT molecular complexity index is 886. The van der Waals surface area contributed by atoms with E-state index in [-0.39, 0.29) is 17.7 Å². The first-order valence-corrected chi connectivity index (χ1v) is 9.60. The average Bonchev–Trinajstić information content (AvgIpc) is 3.08. The van der Waals surface area contributed by atoms with Crippen LogP contribution in [0.4, 0.5) is 11.4 Å². The van der Waals surface area contributed by atoms with Crippen LogP contribution < -0.4 is 15.4 Å². The third-order valence-electron chi connectivity index (χ3n) is 5.42. The van der Waals surface area contributed by atoms with Crippen molar-refractivity contribution in [2.45, 2.75) is 32.4 Å². The predicted molar refractivity (Wildman–Crippen MR) is 105 cm³/mol. The maximum absolute atomic E-state index is 12.7. The van der Waals surface area contributed by atoms with E-state index in [1.54, 1.807) is 25.1 Å². The Morgan fingerprint density at radius 1 is 1.36 bits per heavy atom. The minimum absolute atomic E-state index is 0.0143. The van der Waals surface area contributed by atoms with Gasteiger partial charge >= 0.3 is 0 Å². The number of fused-ring (bicyclic) bond motifs is 1. The summed E-state index contributed by atoms with van der Waals surface area (Å²) in [7, 11) is 2.00. The van der Waals surface area contributed by atoms with E-state index in [9.17, 15) is 9.59 Å². The van der Waals surface area contributed by atoms with Crippen LogP contribution in [0.25, 0.3) is 0 Å². The number of anilines is 2. The molecule has 2 aromatic rings. The molecule has 2 aliphatic heterocycles. The van der Waals surface area contributed by atoms with Crippen molar-refractivity contribution in [1.82, 2.24) is 14.5 Å². The van der Waals surface area contributed by atoms with E-state index < -0.39 is 6.10 Å². The van der Waals surface area contributed by atoms with Crippen LogP contribution in [-0.2, 0) is 23.2 Å². The van der Waals surface area contributed by atoms with E-state index in [0.29, 0.717) is 17.1 Å². The molecule has 1 atom stereocenters. The summed E-state index contributed by atoms with van der Waals surface area (Å²) in [6, 6.07) is 5.32. The van der Waals surface area contributed by atoms with Gasteiger partial charge in [0.1, 0.15) is 11.6 Å². The second-order valence-electron chi connectivity index (χ2n) is 7.45. The van der Waals surface area contributed by atoms with E-state index in [0.717, 1.165) is 38.3 Å². The second-order valence-corrected chi connectivity index (χ2v) is 7.45. The molecule has 1 aromatic carbocycles. The van der Waals surface area contributed by atoms with Crippen LogP contribution in [0.1, 0.15) is 25.6 Å². The first-order chi connectivity index (χ1) is 13.5. The number of carbonyl (C=O) groups excluding carboxylic acids is 2. The lowest BCUT2D eigenvalue weighted by Gasteiger charge is -2.31. The molecule has 8 heteroatoms. The number of hydrogen-bond donors (Lipinski definition) is 2. The van der Waals surface area contributed by atoms with Gasteiger partial charge in [-0.25, -0.2) is 4.98 Å². The van der Waals surface area contributed by atoms with Crippen LogP contribution in [0.3, 0.4) is 0 Å². The van der Waals surface area contributed by atoms with Gasteiger partial charge in [-0.2, -0.15) is 0 Å². The third kappa shape index (κ3) is 3.87. The van der Waals surface area contributed by atoms with E-state index >= 15 is 0 Å². The quantitative estimate of drug-likeness (QED) is 0.843. The highest BCUT2D eigenvalue weighted by Gasteiger charge is 2.27. The zero-order chi connectivity index (χ0) is 19.7. The minimum atomic E-state index is -0.510. The number of aryl methyl sites for hydroxylation is 1. The fourth-order valence-corrected chi connectivity index (χ4v) is 3.63. The summed E-state index contributed by atoms with van der Waals surface area (Å²) in [5, 5.41) is 5.78. The van der Waals surface area contributed by atoms with E-state index in [1.807, 2.05) is 24.0 Å². The number of likely N-dealkylation sites (tertiary alicyclic amines) is 1. The summed E-state index contributed by atoms with van der Waals surface area (Å²) in [5.41, 5.74) is 1.25. The molecule has 8 nitrogen and oxygen atoms in total. The van der Waals surface area contributed by atoms with Crippen LogP contribution in [0.15, 0.2) is 30.6 Å². The zero-order valence-corrected chi connectivity index (χ0v) is 16.1.